The van der Waals surface area contributed by atoms with Gasteiger partial charge in [-0.1, -0.05) is 0 Å². The Morgan fingerprint density at radius 3 is 2.30 bits per heavy atom. The Hall–Kier alpha value is -1.53. The number of carbonyl (C=O) groups is 1. The van der Waals surface area contributed by atoms with Crippen LogP contribution >= 0.6 is 0 Å². The minimum atomic E-state index is -4.56. The van der Waals surface area contributed by atoms with Crippen LogP contribution in [0.4, 0.5) is 22.4 Å². The zero-order valence-corrected chi connectivity index (χ0v) is 10.6. The molecule has 0 N–H and O–H groups in total. The van der Waals surface area contributed by atoms with Crippen LogP contribution in [0.15, 0.2) is 18.2 Å². The molecule has 1 aromatic carbocycles. The lowest BCUT2D eigenvalue weighted by Crippen LogP contribution is -2.37. The quantitative estimate of drug-likeness (QED) is 0.572. The van der Waals surface area contributed by atoms with E-state index in [-0.39, 0.29) is 5.92 Å². The van der Waals surface area contributed by atoms with Crippen LogP contribution in [-0.2, 0) is 6.18 Å². The van der Waals surface area contributed by atoms with Crippen molar-refractivity contribution in [3.63, 3.8) is 0 Å². The number of nitrogens with zero attached hydrogens (tertiary/aromatic N) is 1. The molecule has 0 aromatic heterocycles. The van der Waals surface area contributed by atoms with Gasteiger partial charge in [0, 0.05) is 13.1 Å². The summed E-state index contributed by atoms with van der Waals surface area (Å²) < 4.78 is 51.3. The lowest BCUT2D eigenvalue weighted by Gasteiger charge is -2.32. The van der Waals surface area contributed by atoms with Gasteiger partial charge in [-0.2, -0.15) is 13.2 Å². The van der Waals surface area contributed by atoms with Crippen LogP contribution in [0.2, 0.25) is 0 Å². The molecule has 0 atom stereocenters. The van der Waals surface area contributed by atoms with Gasteiger partial charge in [0.05, 0.1) is 5.56 Å². The zero-order chi connectivity index (χ0) is 14.9. The maximum Gasteiger partial charge on any atom is 0.416 e. The van der Waals surface area contributed by atoms with E-state index in [4.69, 9.17) is 7.85 Å². The number of halogens is 4. The molecule has 2 radical (unpaired) electrons. The number of benzene rings is 1. The first-order valence-corrected chi connectivity index (χ1v) is 6.19. The summed E-state index contributed by atoms with van der Waals surface area (Å²) in [7, 11) is 5.13. The summed E-state index contributed by atoms with van der Waals surface area (Å²) in [6.45, 7) is 0.746. The fourth-order valence-corrected chi connectivity index (χ4v) is 2.44. The largest absolute Gasteiger partial charge is 0.416 e. The van der Waals surface area contributed by atoms with E-state index in [1.807, 2.05) is 0 Å². The van der Waals surface area contributed by atoms with Crippen LogP contribution < -0.4 is 0 Å². The Morgan fingerprint density at radius 2 is 1.80 bits per heavy atom. The minimum Gasteiger partial charge on any atom is -0.353 e. The van der Waals surface area contributed by atoms with Gasteiger partial charge in [0.25, 0.3) is 0 Å². The van der Waals surface area contributed by atoms with Gasteiger partial charge in [0.2, 0.25) is 7.85 Å². The number of alkyl halides is 3. The van der Waals surface area contributed by atoms with Crippen LogP contribution in [0.1, 0.15) is 29.9 Å². The summed E-state index contributed by atoms with van der Waals surface area (Å²) in [5, 5.41) is 0. The summed E-state index contributed by atoms with van der Waals surface area (Å²) in [4.78, 5) is 12.4. The average Bonchev–Trinajstić information content (AvgIpc) is 2.37. The molecular formula is C13H12BF4NO. The Bertz CT molecular complexity index is 510. The van der Waals surface area contributed by atoms with Crippen molar-refractivity contribution in [2.24, 2.45) is 0 Å². The topological polar surface area (TPSA) is 20.3 Å². The first-order chi connectivity index (χ1) is 9.27. The molecule has 20 heavy (non-hydrogen) atoms. The van der Waals surface area contributed by atoms with Gasteiger partial charge in [-0.05, 0) is 42.5 Å². The zero-order valence-electron chi connectivity index (χ0n) is 10.6. The molecule has 1 aliphatic heterocycles. The van der Waals surface area contributed by atoms with Crippen LogP contribution in [0.5, 0.6) is 0 Å². The molecule has 0 unspecified atom stereocenters. The fraction of sp³-hybridized carbons (Fsp3) is 0.462. The van der Waals surface area contributed by atoms with E-state index in [1.165, 1.54) is 4.90 Å². The van der Waals surface area contributed by atoms with Gasteiger partial charge in [-0.3, -0.25) is 4.79 Å². The molecule has 106 valence electrons. The number of piperidine rings is 1. The third-order valence-electron chi connectivity index (χ3n) is 3.53. The van der Waals surface area contributed by atoms with Crippen molar-refractivity contribution in [3.8, 4) is 0 Å². The summed E-state index contributed by atoms with van der Waals surface area (Å²) in [6, 6.07) is 2.59. The van der Waals surface area contributed by atoms with Gasteiger partial charge >= 0.3 is 6.18 Å². The molecule has 2 rings (SSSR count). The van der Waals surface area contributed by atoms with Crippen LogP contribution in [0, 0.1) is 5.82 Å². The number of hydrogen-bond acceptors (Lipinski definition) is 1. The molecule has 2 nitrogen and oxygen atoms in total. The van der Waals surface area contributed by atoms with Crippen molar-refractivity contribution in [1.29, 1.82) is 0 Å². The maximum absolute atomic E-state index is 13.3. The molecule has 1 amide bonds. The molecule has 1 aromatic rings. The van der Waals surface area contributed by atoms with Crippen molar-refractivity contribution in [2.45, 2.75) is 24.9 Å². The lowest BCUT2D eigenvalue weighted by atomic mass is 9.87. The molecule has 1 aliphatic rings. The second-order valence-electron chi connectivity index (χ2n) is 4.87. The van der Waals surface area contributed by atoms with E-state index in [2.05, 4.69) is 0 Å². The monoisotopic (exact) mass is 285 g/mol. The highest BCUT2D eigenvalue weighted by Crippen LogP contribution is 2.34. The van der Waals surface area contributed by atoms with Gasteiger partial charge in [-0.25, -0.2) is 4.39 Å². The van der Waals surface area contributed by atoms with Crippen molar-refractivity contribution >= 4 is 13.7 Å². The number of amides is 1. The molecule has 0 saturated carbocycles. The van der Waals surface area contributed by atoms with Crippen molar-refractivity contribution < 1.29 is 22.4 Å². The third-order valence-corrected chi connectivity index (χ3v) is 3.53. The molecule has 7 heteroatoms. The Morgan fingerprint density at radius 1 is 1.20 bits per heavy atom. The van der Waals surface area contributed by atoms with Gasteiger partial charge in [-0.15, -0.1) is 0 Å². The van der Waals surface area contributed by atoms with E-state index in [9.17, 15) is 22.4 Å². The summed E-state index contributed by atoms with van der Waals surface area (Å²) in [6.07, 6.45) is -3.61. The molecule has 0 aliphatic carbocycles. The SMILES string of the molecule is [B]C(=O)N1CCC(c2cc(F)cc(C(F)(F)F)c2)CC1. The number of hydrogen-bond donors (Lipinski definition) is 0. The van der Waals surface area contributed by atoms with E-state index in [0.717, 1.165) is 12.1 Å². The predicted molar refractivity (Wildman–Crippen MR) is 66.1 cm³/mol. The van der Waals surface area contributed by atoms with Crippen LogP contribution in [0.25, 0.3) is 0 Å². The number of likely N-dealkylation sites (tertiary alicyclic amines) is 1. The highest BCUT2D eigenvalue weighted by molar-refractivity contribution is 6.56. The average molecular weight is 285 g/mol. The molecular weight excluding hydrogens is 273 g/mol. The van der Waals surface area contributed by atoms with Gasteiger partial charge in [0.1, 0.15) is 5.82 Å². The predicted octanol–water partition coefficient (Wildman–Crippen LogP) is 3.31. The van der Waals surface area contributed by atoms with Crippen LogP contribution in [-0.4, -0.2) is 31.6 Å². The summed E-state index contributed by atoms with van der Waals surface area (Å²) >= 11 is 0. The normalized spacial score (nSPS) is 17.3. The molecule has 0 spiro atoms. The second kappa shape index (κ2) is 5.46. The maximum atomic E-state index is 13.3. The van der Waals surface area contributed by atoms with Crippen molar-refractivity contribution in [1.82, 2.24) is 4.90 Å². The van der Waals surface area contributed by atoms with Gasteiger partial charge in [0.15, 0.2) is 5.81 Å². The Labute approximate surface area is 115 Å². The highest BCUT2D eigenvalue weighted by Gasteiger charge is 2.32. The number of rotatable bonds is 1. The summed E-state index contributed by atoms with van der Waals surface area (Å²) in [5.74, 6) is -1.63. The third kappa shape index (κ3) is 3.32. The van der Waals surface area contributed by atoms with E-state index in [1.54, 1.807) is 0 Å². The number of carbonyl (C=O) groups excluding carboxylic acids is 1. The Kier molecular flexibility index (Phi) is 4.06. The Balaban J connectivity index is 2.18. The van der Waals surface area contributed by atoms with E-state index in [0.29, 0.717) is 37.6 Å². The highest BCUT2D eigenvalue weighted by atomic mass is 19.4. The van der Waals surface area contributed by atoms with Crippen LogP contribution in [0.3, 0.4) is 0 Å². The smallest absolute Gasteiger partial charge is 0.353 e. The fourth-order valence-electron chi connectivity index (χ4n) is 2.44. The second-order valence-corrected chi connectivity index (χ2v) is 4.87. The molecule has 1 fully saturated rings. The van der Waals surface area contributed by atoms with E-state index >= 15 is 0 Å². The molecule has 0 bridgehead atoms. The molecule has 1 saturated heterocycles. The van der Waals surface area contributed by atoms with E-state index < -0.39 is 23.4 Å². The standard InChI is InChI=1S/C13H12BF4NO/c14-12(20)19-3-1-8(2-4-19)9-5-10(13(16,17)18)7-11(15)6-9/h5-8H,1-4H2. The first kappa shape index (κ1) is 14.9. The molecule has 1 heterocycles. The lowest BCUT2D eigenvalue weighted by molar-refractivity contribution is -0.137. The van der Waals surface area contributed by atoms with Gasteiger partial charge < -0.3 is 4.90 Å². The summed E-state index contributed by atoms with van der Waals surface area (Å²) in [5.41, 5.74) is -0.661. The van der Waals surface area contributed by atoms with Crippen molar-refractivity contribution in [2.75, 3.05) is 13.1 Å². The van der Waals surface area contributed by atoms with Crippen molar-refractivity contribution in [3.05, 3.63) is 35.1 Å². The minimum absolute atomic E-state index is 0.192. The first-order valence-electron chi connectivity index (χ1n) is 6.19.